The molecule has 2 aromatic carbocycles. The van der Waals surface area contributed by atoms with Gasteiger partial charge >= 0.3 is 0 Å². The number of nitrogens with one attached hydrogen (secondary N) is 1. The average Bonchev–Trinajstić information content (AvgIpc) is 2.71. The second kappa shape index (κ2) is 9.64. The van der Waals surface area contributed by atoms with Crippen molar-refractivity contribution in [2.75, 3.05) is 18.2 Å². The van der Waals surface area contributed by atoms with Crippen LogP contribution >= 0.6 is 11.8 Å². The summed E-state index contributed by atoms with van der Waals surface area (Å²) in [5.74, 6) is 3.08. The number of carbonyl (C=O) groups excluding carboxylic acids is 1. The van der Waals surface area contributed by atoms with Crippen LogP contribution in [0, 0.1) is 0 Å². The number of aromatic nitrogens is 1. The van der Waals surface area contributed by atoms with Crippen molar-refractivity contribution < 1.29 is 14.3 Å². The minimum Gasteiger partial charge on any atom is -0.493 e. The highest BCUT2D eigenvalue weighted by Gasteiger charge is 2.06. The second-order valence-corrected chi connectivity index (χ2v) is 6.67. The minimum absolute atomic E-state index is 0.0395. The largest absolute Gasteiger partial charge is 0.493 e. The molecule has 138 valence electrons. The molecule has 3 aromatic rings. The van der Waals surface area contributed by atoms with Gasteiger partial charge in [-0.1, -0.05) is 18.2 Å². The first-order valence-electron chi connectivity index (χ1n) is 8.42. The number of anilines is 1. The molecule has 6 heteroatoms. The molecule has 0 radical (unpaired) electrons. The van der Waals surface area contributed by atoms with Crippen molar-refractivity contribution in [3.63, 3.8) is 0 Å². The van der Waals surface area contributed by atoms with Crippen LogP contribution in [0.5, 0.6) is 17.2 Å². The van der Waals surface area contributed by atoms with Gasteiger partial charge in [-0.2, -0.15) is 0 Å². The van der Waals surface area contributed by atoms with Crippen LogP contribution in [-0.4, -0.2) is 23.8 Å². The maximum atomic E-state index is 12.1. The molecule has 0 fully saturated rings. The van der Waals surface area contributed by atoms with Gasteiger partial charge in [-0.25, -0.2) is 0 Å². The lowest BCUT2D eigenvalue weighted by molar-refractivity contribution is -0.113. The number of pyridine rings is 1. The molecule has 27 heavy (non-hydrogen) atoms. The van der Waals surface area contributed by atoms with E-state index in [1.807, 2.05) is 66.9 Å². The van der Waals surface area contributed by atoms with E-state index in [0.29, 0.717) is 23.0 Å². The van der Waals surface area contributed by atoms with Gasteiger partial charge in [0.1, 0.15) is 5.75 Å². The lowest BCUT2D eigenvalue weighted by Crippen LogP contribution is -2.14. The average molecular weight is 380 g/mol. The van der Waals surface area contributed by atoms with Gasteiger partial charge in [0.15, 0.2) is 11.5 Å². The summed E-state index contributed by atoms with van der Waals surface area (Å²) in [7, 11) is 1.60. The predicted molar refractivity (Wildman–Crippen MR) is 109 cm³/mol. The summed E-state index contributed by atoms with van der Waals surface area (Å²) in [6, 6.07) is 18.6. The summed E-state index contributed by atoms with van der Waals surface area (Å²) < 4.78 is 11.1. The second-order valence-electron chi connectivity index (χ2n) is 5.68. The zero-order chi connectivity index (χ0) is 18.9. The third-order valence-electron chi connectivity index (χ3n) is 3.66. The summed E-state index contributed by atoms with van der Waals surface area (Å²) >= 11 is 1.55. The zero-order valence-electron chi connectivity index (χ0n) is 14.9. The van der Waals surface area contributed by atoms with E-state index < -0.39 is 0 Å². The summed E-state index contributed by atoms with van der Waals surface area (Å²) in [4.78, 5) is 16.1. The highest BCUT2D eigenvalue weighted by Crippen LogP contribution is 2.31. The van der Waals surface area contributed by atoms with Crippen LogP contribution in [0.4, 0.5) is 5.69 Å². The van der Waals surface area contributed by atoms with Crippen molar-refractivity contribution in [2.45, 2.75) is 5.75 Å². The number of rotatable bonds is 8. The van der Waals surface area contributed by atoms with E-state index in [0.717, 1.165) is 17.0 Å². The summed E-state index contributed by atoms with van der Waals surface area (Å²) in [5, 5.41) is 2.89. The molecule has 0 aliphatic carbocycles. The summed E-state index contributed by atoms with van der Waals surface area (Å²) in [6.45, 7) is 0. The Morgan fingerprint density at radius 3 is 2.52 bits per heavy atom. The Bertz CT molecular complexity index is 870. The normalized spacial score (nSPS) is 10.3. The first kappa shape index (κ1) is 18.8. The molecule has 3 rings (SSSR count). The maximum Gasteiger partial charge on any atom is 0.234 e. The molecule has 0 aliphatic rings. The van der Waals surface area contributed by atoms with E-state index in [1.54, 1.807) is 25.1 Å². The Labute approximate surface area is 162 Å². The van der Waals surface area contributed by atoms with Crippen molar-refractivity contribution in [3.8, 4) is 17.2 Å². The van der Waals surface area contributed by atoms with E-state index in [-0.39, 0.29) is 5.91 Å². The maximum absolute atomic E-state index is 12.1. The lowest BCUT2D eigenvalue weighted by atomic mass is 10.3. The number of carbonyl (C=O) groups is 1. The molecule has 0 spiro atoms. The van der Waals surface area contributed by atoms with E-state index in [2.05, 4.69) is 10.3 Å². The van der Waals surface area contributed by atoms with Gasteiger partial charge in [-0.05, 0) is 48.0 Å². The molecule has 1 aromatic heterocycles. The number of nitrogens with zero attached hydrogens (tertiary/aromatic N) is 1. The van der Waals surface area contributed by atoms with Crippen LogP contribution in [0.2, 0.25) is 0 Å². The Kier molecular flexibility index (Phi) is 6.71. The third kappa shape index (κ3) is 5.76. The van der Waals surface area contributed by atoms with Crippen molar-refractivity contribution >= 4 is 23.4 Å². The van der Waals surface area contributed by atoms with Gasteiger partial charge < -0.3 is 14.8 Å². The van der Waals surface area contributed by atoms with Gasteiger partial charge in [0.2, 0.25) is 5.91 Å². The number of ether oxygens (including phenoxy) is 2. The molecule has 0 bridgehead atoms. The number of hydrogen-bond donors (Lipinski definition) is 1. The van der Waals surface area contributed by atoms with Crippen LogP contribution in [0.1, 0.15) is 5.56 Å². The highest BCUT2D eigenvalue weighted by atomic mass is 32.2. The molecule has 0 saturated carbocycles. The number of amides is 1. The smallest absolute Gasteiger partial charge is 0.234 e. The molecule has 1 heterocycles. The van der Waals surface area contributed by atoms with Crippen LogP contribution in [0.15, 0.2) is 73.1 Å². The van der Waals surface area contributed by atoms with Gasteiger partial charge in [0.05, 0.1) is 12.9 Å². The van der Waals surface area contributed by atoms with E-state index in [4.69, 9.17) is 9.47 Å². The summed E-state index contributed by atoms with van der Waals surface area (Å²) in [5.41, 5.74) is 1.84. The SMILES string of the molecule is COc1ccccc1Oc1ccc(NC(=O)CSCc2cccnc2)cc1. The first-order chi connectivity index (χ1) is 13.2. The molecule has 1 amide bonds. The zero-order valence-corrected chi connectivity index (χ0v) is 15.7. The predicted octanol–water partition coefficient (Wildman–Crippen LogP) is 4.75. The monoisotopic (exact) mass is 380 g/mol. The van der Waals surface area contributed by atoms with Crippen LogP contribution in [0.25, 0.3) is 0 Å². The fraction of sp³-hybridized carbons (Fsp3) is 0.143. The van der Waals surface area contributed by atoms with Gasteiger partial charge in [-0.15, -0.1) is 11.8 Å². The van der Waals surface area contributed by atoms with E-state index in [1.165, 1.54) is 0 Å². The first-order valence-corrected chi connectivity index (χ1v) is 9.57. The molecule has 0 unspecified atom stereocenters. The minimum atomic E-state index is -0.0395. The number of para-hydroxylation sites is 2. The lowest BCUT2D eigenvalue weighted by Gasteiger charge is -2.11. The van der Waals surface area contributed by atoms with E-state index in [9.17, 15) is 4.79 Å². The Balaban J connectivity index is 1.49. The topological polar surface area (TPSA) is 60.5 Å². The van der Waals surface area contributed by atoms with Gasteiger partial charge in [0.25, 0.3) is 0 Å². The molecular weight excluding hydrogens is 360 g/mol. The van der Waals surface area contributed by atoms with Gasteiger partial charge in [0, 0.05) is 23.8 Å². The molecular formula is C21H20N2O3S. The number of hydrogen-bond acceptors (Lipinski definition) is 5. The van der Waals surface area contributed by atoms with Crippen molar-refractivity contribution in [1.82, 2.24) is 4.98 Å². The molecule has 0 atom stereocenters. The number of thioether (sulfide) groups is 1. The van der Waals surface area contributed by atoms with Crippen molar-refractivity contribution in [2.24, 2.45) is 0 Å². The number of methoxy groups -OCH3 is 1. The fourth-order valence-corrected chi connectivity index (χ4v) is 3.14. The quantitative estimate of drug-likeness (QED) is 0.611. The van der Waals surface area contributed by atoms with Crippen molar-refractivity contribution in [3.05, 3.63) is 78.6 Å². The van der Waals surface area contributed by atoms with Crippen LogP contribution in [-0.2, 0) is 10.5 Å². The van der Waals surface area contributed by atoms with Gasteiger partial charge in [-0.3, -0.25) is 9.78 Å². The Morgan fingerprint density at radius 1 is 1.04 bits per heavy atom. The molecule has 5 nitrogen and oxygen atoms in total. The molecule has 1 N–H and O–H groups in total. The molecule has 0 aliphatic heterocycles. The van der Waals surface area contributed by atoms with Crippen LogP contribution in [0.3, 0.4) is 0 Å². The summed E-state index contributed by atoms with van der Waals surface area (Å²) in [6.07, 6.45) is 3.55. The Morgan fingerprint density at radius 2 is 1.81 bits per heavy atom. The Hall–Kier alpha value is -2.99. The molecule has 0 saturated heterocycles. The van der Waals surface area contributed by atoms with Crippen LogP contribution < -0.4 is 14.8 Å². The number of benzene rings is 2. The third-order valence-corrected chi connectivity index (χ3v) is 4.66. The van der Waals surface area contributed by atoms with Crippen molar-refractivity contribution in [1.29, 1.82) is 0 Å². The van der Waals surface area contributed by atoms with E-state index >= 15 is 0 Å². The standard InChI is InChI=1S/C21H20N2O3S/c1-25-19-6-2-3-7-20(19)26-18-10-8-17(9-11-18)23-21(24)15-27-14-16-5-4-12-22-13-16/h2-13H,14-15H2,1H3,(H,23,24). The fourth-order valence-electron chi connectivity index (χ4n) is 2.38. The highest BCUT2D eigenvalue weighted by molar-refractivity contribution is 7.99.